The zero-order valence-corrected chi connectivity index (χ0v) is 12.8. The Kier molecular flexibility index (Phi) is 6.48. The summed E-state index contributed by atoms with van der Waals surface area (Å²) >= 11 is 0. The van der Waals surface area contributed by atoms with Crippen molar-refractivity contribution in [3.63, 3.8) is 0 Å². The van der Waals surface area contributed by atoms with Crippen LogP contribution in [-0.2, 0) is 22.3 Å². The third kappa shape index (κ3) is 6.71. The molecule has 0 amide bonds. The molecule has 0 atom stereocenters. The van der Waals surface area contributed by atoms with Gasteiger partial charge in [-0.1, -0.05) is 31.2 Å². The number of hydrogen-bond acceptors (Lipinski definition) is 3. The topological polar surface area (TPSA) is 58.2 Å². The molecule has 5 heteroatoms. The highest BCUT2D eigenvalue weighted by molar-refractivity contribution is 7.88. The summed E-state index contributed by atoms with van der Waals surface area (Å²) < 4.78 is 26.1. The van der Waals surface area contributed by atoms with E-state index in [0.29, 0.717) is 0 Å². The third-order valence-electron chi connectivity index (χ3n) is 2.55. The molecule has 0 bridgehead atoms. The predicted octanol–water partition coefficient (Wildman–Crippen LogP) is 2.01. The quantitative estimate of drug-likeness (QED) is 0.718. The van der Waals surface area contributed by atoms with E-state index in [1.807, 2.05) is 38.1 Å². The molecule has 0 unspecified atom stereocenters. The van der Waals surface area contributed by atoms with Crippen LogP contribution in [0.2, 0.25) is 0 Å². The van der Waals surface area contributed by atoms with Crippen molar-refractivity contribution in [1.82, 2.24) is 10.0 Å². The van der Waals surface area contributed by atoms with Crippen LogP contribution < -0.4 is 10.0 Å². The number of hydrogen-bond donors (Lipinski definition) is 2. The van der Waals surface area contributed by atoms with Gasteiger partial charge in [0.05, 0.1) is 5.75 Å². The second-order valence-corrected chi connectivity index (χ2v) is 6.78. The maximum atomic E-state index is 11.8. The lowest BCUT2D eigenvalue weighted by Gasteiger charge is -2.10. The highest BCUT2D eigenvalue weighted by Gasteiger charge is 2.12. The van der Waals surface area contributed by atoms with Crippen molar-refractivity contribution in [2.24, 2.45) is 0 Å². The standard InChI is InChI=1S/C14H24N2O2S/c1-4-9-15-10-13-5-7-14(8-6-13)11-19(17,18)16-12(2)3/h5-8,12,15-16H,4,9-11H2,1-3H3. The van der Waals surface area contributed by atoms with Gasteiger partial charge in [0.1, 0.15) is 0 Å². The fourth-order valence-electron chi connectivity index (χ4n) is 1.78. The van der Waals surface area contributed by atoms with E-state index < -0.39 is 10.0 Å². The monoisotopic (exact) mass is 284 g/mol. The van der Waals surface area contributed by atoms with Crippen LogP contribution in [0.15, 0.2) is 24.3 Å². The Labute approximate surface area is 116 Å². The zero-order valence-electron chi connectivity index (χ0n) is 11.9. The van der Waals surface area contributed by atoms with Crippen LogP contribution >= 0.6 is 0 Å². The molecule has 108 valence electrons. The molecule has 1 rings (SSSR count). The average Bonchev–Trinajstić information content (AvgIpc) is 2.29. The van der Waals surface area contributed by atoms with E-state index in [-0.39, 0.29) is 11.8 Å². The molecule has 19 heavy (non-hydrogen) atoms. The van der Waals surface area contributed by atoms with Crippen molar-refractivity contribution >= 4 is 10.0 Å². The van der Waals surface area contributed by atoms with Gasteiger partial charge in [0.2, 0.25) is 10.0 Å². The van der Waals surface area contributed by atoms with Gasteiger partial charge < -0.3 is 5.32 Å². The van der Waals surface area contributed by atoms with Gasteiger partial charge in [-0.3, -0.25) is 0 Å². The molecule has 0 saturated heterocycles. The molecule has 0 spiro atoms. The zero-order chi connectivity index (χ0) is 14.3. The lowest BCUT2D eigenvalue weighted by atomic mass is 10.1. The Balaban J connectivity index is 2.57. The van der Waals surface area contributed by atoms with Crippen molar-refractivity contribution in [1.29, 1.82) is 0 Å². The van der Waals surface area contributed by atoms with Crippen LogP contribution in [0.3, 0.4) is 0 Å². The van der Waals surface area contributed by atoms with E-state index in [1.54, 1.807) is 0 Å². The Morgan fingerprint density at radius 3 is 2.21 bits per heavy atom. The second kappa shape index (κ2) is 7.62. The minimum atomic E-state index is -3.23. The van der Waals surface area contributed by atoms with Crippen LogP contribution in [0.4, 0.5) is 0 Å². The predicted molar refractivity (Wildman–Crippen MR) is 79.3 cm³/mol. The smallest absolute Gasteiger partial charge is 0.216 e. The summed E-state index contributed by atoms with van der Waals surface area (Å²) in [5, 5.41) is 3.31. The molecule has 1 aromatic rings. The Bertz CT molecular complexity index is 467. The Hall–Kier alpha value is -0.910. The molecular weight excluding hydrogens is 260 g/mol. The molecule has 0 radical (unpaired) electrons. The van der Waals surface area contributed by atoms with Crippen LogP contribution in [0, 0.1) is 0 Å². The molecule has 0 heterocycles. The van der Waals surface area contributed by atoms with Crippen molar-refractivity contribution in [2.45, 2.75) is 45.5 Å². The van der Waals surface area contributed by atoms with Crippen molar-refractivity contribution < 1.29 is 8.42 Å². The van der Waals surface area contributed by atoms with Gasteiger partial charge in [-0.2, -0.15) is 0 Å². The minimum absolute atomic E-state index is 0.0356. The van der Waals surface area contributed by atoms with Crippen LogP contribution in [0.25, 0.3) is 0 Å². The first kappa shape index (κ1) is 16.1. The molecule has 2 N–H and O–H groups in total. The summed E-state index contributed by atoms with van der Waals surface area (Å²) in [7, 11) is -3.23. The van der Waals surface area contributed by atoms with Crippen molar-refractivity contribution in [3.8, 4) is 0 Å². The van der Waals surface area contributed by atoms with E-state index >= 15 is 0 Å². The van der Waals surface area contributed by atoms with Gasteiger partial charge in [-0.15, -0.1) is 0 Å². The largest absolute Gasteiger partial charge is 0.313 e. The van der Waals surface area contributed by atoms with Crippen LogP contribution in [-0.4, -0.2) is 21.0 Å². The fourth-order valence-corrected chi connectivity index (χ4v) is 3.22. The SMILES string of the molecule is CCCNCc1ccc(CS(=O)(=O)NC(C)C)cc1. The summed E-state index contributed by atoms with van der Waals surface area (Å²) in [5.74, 6) is 0.0356. The van der Waals surface area contributed by atoms with E-state index in [0.717, 1.165) is 25.1 Å². The van der Waals surface area contributed by atoms with Gasteiger partial charge >= 0.3 is 0 Å². The number of benzene rings is 1. The van der Waals surface area contributed by atoms with E-state index in [4.69, 9.17) is 0 Å². The molecule has 0 aliphatic rings. The summed E-state index contributed by atoms with van der Waals surface area (Å²) in [4.78, 5) is 0. The molecule has 4 nitrogen and oxygen atoms in total. The van der Waals surface area contributed by atoms with E-state index in [9.17, 15) is 8.42 Å². The highest BCUT2D eigenvalue weighted by atomic mass is 32.2. The van der Waals surface area contributed by atoms with Crippen molar-refractivity contribution in [3.05, 3.63) is 35.4 Å². The Morgan fingerprint density at radius 1 is 1.11 bits per heavy atom. The lowest BCUT2D eigenvalue weighted by molar-refractivity contribution is 0.569. The lowest BCUT2D eigenvalue weighted by Crippen LogP contribution is -2.31. The van der Waals surface area contributed by atoms with E-state index in [1.165, 1.54) is 5.56 Å². The fraction of sp³-hybridized carbons (Fsp3) is 0.571. The molecule has 0 fully saturated rings. The van der Waals surface area contributed by atoms with Crippen molar-refractivity contribution in [2.75, 3.05) is 6.54 Å². The number of sulfonamides is 1. The maximum Gasteiger partial charge on any atom is 0.216 e. The van der Waals surface area contributed by atoms with Gasteiger partial charge in [-0.05, 0) is 37.9 Å². The molecular formula is C14H24N2O2S. The first-order chi connectivity index (χ1) is 8.93. The van der Waals surface area contributed by atoms with Crippen LogP contribution in [0.1, 0.15) is 38.3 Å². The number of rotatable bonds is 8. The molecule has 0 aliphatic heterocycles. The minimum Gasteiger partial charge on any atom is -0.313 e. The van der Waals surface area contributed by atoms with Gasteiger partial charge in [0, 0.05) is 12.6 Å². The molecule has 1 aromatic carbocycles. The molecule has 0 saturated carbocycles. The first-order valence-electron chi connectivity index (χ1n) is 6.71. The number of nitrogens with one attached hydrogen (secondary N) is 2. The summed E-state index contributed by atoms with van der Waals surface area (Å²) in [6, 6.07) is 7.64. The van der Waals surface area contributed by atoms with E-state index in [2.05, 4.69) is 17.0 Å². The average molecular weight is 284 g/mol. The maximum absolute atomic E-state index is 11.8. The third-order valence-corrected chi connectivity index (χ3v) is 4.09. The molecule has 0 aliphatic carbocycles. The molecule has 0 aromatic heterocycles. The summed E-state index contributed by atoms with van der Waals surface area (Å²) in [5.41, 5.74) is 1.99. The second-order valence-electron chi connectivity index (χ2n) is 5.02. The van der Waals surface area contributed by atoms with Crippen LogP contribution in [0.5, 0.6) is 0 Å². The highest BCUT2D eigenvalue weighted by Crippen LogP contribution is 2.08. The summed E-state index contributed by atoms with van der Waals surface area (Å²) in [6.07, 6.45) is 1.11. The van der Waals surface area contributed by atoms with Gasteiger partial charge in [0.15, 0.2) is 0 Å². The van der Waals surface area contributed by atoms with Gasteiger partial charge in [-0.25, -0.2) is 13.1 Å². The van der Waals surface area contributed by atoms with Gasteiger partial charge in [0.25, 0.3) is 0 Å². The Morgan fingerprint density at radius 2 is 1.68 bits per heavy atom. The first-order valence-corrected chi connectivity index (χ1v) is 8.36. The summed E-state index contributed by atoms with van der Waals surface area (Å²) in [6.45, 7) is 7.59. The normalized spacial score (nSPS) is 12.0.